The number of rotatable bonds is 10. The molecular formula is C40H51NO15. The molecule has 1 saturated heterocycles. The van der Waals surface area contributed by atoms with Crippen molar-refractivity contribution in [1.29, 1.82) is 0 Å². The second-order valence-electron chi connectivity index (χ2n) is 16.4. The van der Waals surface area contributed by atoms with Gasteiger partial charge >= 0.3 is 30.0 Å². The Labute approximate surface area is 324 Å². The predicted molar refractivity (Wildman–Crippen MR) is 191 cm³/mol. The molecule has 306 valence electrons. The number of aliphatic hydroxyl groups excluding tert-OH is 2. The number of nitrogens with one attached hydrogen (secondary N) is 1. The molecule has 5 aliphatic rings. The Hall–Kier alpha value is -4.38. The number of esters is 4. The summed E-state index contributed by atoms with van der Waals surface area (Å²) in [5.41, 5.74) is -7.46. The quantitative estimate of drug-likeness (QED) is 0.151. The van der Waals surface area contributed by atoms with E-state index in [1.165, 1.54) is 26.0 Å². The van der Waals surface area contributed by atoms with Gasteiger partial charge in [-0.2, -0.15) is 0 Å². The number of aliphatic hydroxyl groups is 3. The Kier molecular flexibility index (Phi) is 10.9. The van der Waals surface area contributed by atoms with Gasteiger partial charge in [-0.1, -0.05) is 32.0 Å². The van der Waals surface area contributed by atoms with Gasteiger partial charge in [0.2, 0.25) is 0 Å². The van der Waals surface area contributed by atoms with Crippen LogP contribution in [0.2, 0.25) is 0 Å². The SMILES string of the molecule is CCOC(=O)NC(C1CC1)[C@@H](O)C(=O)O[C@H]1C[C@@]2(O)[C@@H](OC(=O)c3ccccc3)[C@@H]3[C@]4(OC(C)=O)CO[C@@H]4C[C@H](O)[C@@]3(C)C(=O)[C@H](OC(C)=O)C(=C1C)C2(C)C. The number of hydrogen-bond acceptors (Lipinski definition) is 15. The number of ketones is 1. The van der Waals surface area contributed by atoms with Gasteiger partial charge in [0.1, 0.15) is 23.9 Å². The molecule has 1 unspecified atom stereocenters. The summed E-state index contributed by atoms with van der Waals surface area (Å²) in [4.78, 5) is 81.4. The average molecular weight is 786 g/mol. The number of carbonyl (C=O) groups excluding carboxylic acids is 6. The largest absolute Gasteiger partial charge is 0.456 e. The summed E-state index contributed by atoms with van der Waals surface area (Å²) in [6.45, 7) is 9.65. The van der Waals surface area contributed by atoms with Crippen LogP contribution in [0, 0.1) is 22.7 Å². The average Bonchev–Trinajstić information content (AvgIpc) is 3.97. The molecule has 1 amide bonds. The number of hydrogen-bond donors (Lipinski definition) is 4. The van der Waals surface area contributed by atoms with Crippen LogP contribution in [0.3, 0.4) is 0 Å². The van der Waals surface area contributed by atoms with Crippen molar-refractivity contribution in [1.82, 2.24) is 5.32 Å². The van der Waals surface area contributed by atoms with Crippen LogP contribution in [0.15, 0.2) is 41.5 Å². The van der Waals surface area contributed by atoms with Crippen molar-refractivity contribution in [2.75, 3.05) is 13.2 Å². The summed E-state index contributed by atoms with van der Waals surface area (Å²) in [6.07, 6.45) is -9.77. The van der Waals surface area contributed by atoms with E-state index < -0.39 is 113 Å². The molecule has 1 aliphatic heterocycles. The van der Waals surface area contributed by atoms with Crippen LogP contribution >= 0.6 is 0 Å². The summed E-state index contributed by atoms with van der Waals surface area (Å²) in [6, 6.07) is 6.78. The van der Waals surface area contributed by atoms with E-state index in [9.17, 15) is 39.3 Å². The van der Waals surface area contributed by atoms with Crippen molar-refractivity contribution in [2.24, 2.45) is 22.7 Å². The number of amides is 1. The molecule has 0 radical (unpaired) electrons. The normalized spacial score (nSPS) is 35.4. The third-order valence-corrected chi connectivity index (χ3v) is 12.7. The second-order valence-corrected chi connectivity index (χ2v) is 16.4. The third-order valence-electron chi connectivity index (χ3n) is 12.7. The maximum Gasteiger partial charge on any atom is 0.407 e. The first kappa shape index (κ1) is 41.3. The van der Waals surface area contributed by atoms with Gasteiger partial charge in [-0.05, 0) is 62.8 Å². The molecule has 2 bridgehead atoms. The minimum atomic E-state index is -2.35. The van der Waals surface area contributed by atoms with E-state index in [-0.39, 0.29) is 42.3 Å². The van der Waals surface area contributed by atoms with Crippen LogP contribution in [0.4, 0.5) is 4.79 Å². The van der Waals surface area contributed by atoms with Gasteiger partial charge in [-0.15, -0.1) is 0 Å². The Morgan fingerprint density at radius 2 is 1.66 bits per heavy atom. The zero-order valence-corrected chi connectivity index (χ0v) is 32.6. The van der Waals surface area contributed by atoms with E-state index in [4.69, 9.17) is 28.4 Å². The lowest BCUT2D eigenvalue weighted by atomic mass is 9.44. The molecule has 0 spiro atoms. The number of fused-ring (bicyclic) bond motifs is 5. The number of alkyl carbamates (subject to hydrolysis) is 1. The Bertz CT molecular complexity index is 1810. The molecule has 6 rings (SSSR count). The van der Waals surface area contributed by atoms with Crippen LogP contribution < -0.4 is 5.32 Å². The lowest BCUT2D eigenvalue weighted by Crippen LogP contribution is -2.82. The minimum absolute atomic E-state index is 0.0169. The van der Waals surface area contributed by atoms with Gasteiger partial charge in [0.15, 0.2) is 23.6 Å². The minimum Gasteiger partial charge on any atom is -0.456 e. The highest BCUT2D eigenvalue weighted by Crippen LogP contribution is 2.64. The maximum absolute atomic E-state index is 15.3. The third kappa shape index (κ3) is 6.67. The fourth-order valence-electron chi connectivity index (χ4n) is 9.59. The van der Waals surface area contributed by atoms with Gasteiger partial charge in [0.05, 0.1) is 42.3 Å². The van der Waals surface area contributed by atoms with E-state index in [2.05, 4.69) is 5.32 Å². The molecule has 4 N–H and O–H groups in total. The Morgan fingerprint density at radius 3 is 2.21 bits per heavy atom. The monoisotopic (exact) mass is 785 g/mol. The standard InChI is InChI=1S/C40H51NO15/c1-8-51-36(49)41-28(22-14-15-22)29(45)35(48)54-24-17-40(50)33(55-34(47)23-12-10-9-11-13-23)31-38(7,25(44)16-26-39(31,18-52-26)56-21(4)43)32(46)30(53-20(3)42)27(19(24)2)37(40,5)6/h9-13,22,24-26,28-31,33,44-45,50H,8,14-18H2,1-7H3,(H,41,49)/t24-,25-,26+,28?,29+,30+,31-,33-,38+,39-,40+/m0/s1. The highest BCUT2D eigenvalue weighted by atomic mass is 16.6. The molecule has 11 atom stereocenters. The topological polar surface area (TPSA) is 231 Å². The van der Waals surface area contributed by atoms with Gasteiger partial charge < -0.3 is 49.1 Å². The lowest BCUT2D eigenvalue weighted by molar-refractivity contribution is -0.346. The van der Waals surface area contributed by atoms with Crippen molar-refractivity contribution in [3.63, 3.8) is 0 Å². The van der Waals surface area contributed by atoms with Crippen LogP contribution in [-0.2, 0) is 47.6 Å². The summed E-state index contributed by atoms with van der Waals surface area (Å²) in [5.74, 6) is -6.37. The fourth-order valence-corrected chi connectivity index (χ4v) is 9.59. The first-order valence-corrected chi connectivity index (χ1v) is 19.0. The molecule has 3 saturated carbocycles. The van der Waals surface area contributed by atoms with Crippen LogP contribution in [-0.4, -0.2) is 118 Å². The summed E-state index contributed by atoms with van der Waals surface area (Å²) < 4.78 is 34.9. The predicted octanol–water partition coefficient (Wildman–Crippen LogP) is 2.09. The molecule has 16 nitrogen and oxygen atoms in total. The Balaban J connectivity index is 1.55. The van der Waals surface area contributed by atoms with E-state index in [0.29, 0.717) is 12.8 Å². The zero-order valence-electron chi connectivity index (χ0n) is 32.6. The molecule has 4 fully saturated rings. The van der Waals surface area contributed by atoms with Crippen molar-refractivity contribution in [2.45, 2.75) is 128 Å². The van der Waals surface area contributed by atoms with Crippen molar-refractivity contribution in [3.05, 3.63) is 47.0 Å². The summed E-state index contributed by atoms with van der Waals surface area (Å²) in [7, 11) is 0. The first-order chi connectivity index (χ1) is 26.2. The molecular weight excluding hydrogens is 734 g/mol. The van der Waals surface area contributed by atoms with E-state index in [0.717, 1.165) is 13.8 Å². The van der Waals surface area contributed by atoms with Crippen LogP contribution in [0.25, 0.3) is 0 Å². The molecule has 56 heavy (non-hydrogen) atoms. The number of carbonyl (C=O) groups is 6. The fraction of sp³-hybridized carbons (Fsp3) is 0.650. The van der Waals surface area contributed by atoms with Crippen LogP contribution in [0.1, 0.15) is 84.5 Å². The van der Waals surface area contributed by atoms with Crippen molar-refractivity contribution >= 4 is 35.8 Å². The second kappa shape index (κ2) is 14.8. The van der Waals surface area contributed by atoms with Crippen molar-refractivity contribution < 1.29 is 72.5 Å². The number of Topliss-reactive ketones (excluding diaryl/α,β-unsaturated/α-hetero) is 1. The molecule has 1 aromatic rings. The highest BCUT2D eigenvalue weighted by Gasteiger charge is 2.78. The molecule has 1 heterocycles. The van der Waals surface area contributed by atoms with Crippen LogP contribution in [0.5, 0.6) is 0 Å². The van der Waals surface area contributed by atoms with E-state index in [1.54, 1.807) is 39.0 Å². The number of benzene rings is 1. The highest BCUT2D eigenvalue weighted by molar-refractivity contribution is 5.95. The lowest BCUT2D eigenvalue weighted by Gasteiger charge is -2.67. The molecule has 1 aromatic carbocycles. The maximum atomic E-state index is 15.3. The van der Waals surface area contributed by atoms with E-state index >= 15 is 4.79 Å². The summed E-state index contributed by atoms with van der Waals surface area (Å²) >= 11 is 0. The smallest absolute Gasteiger partial charge is 0.407 e. The Morgan fingerprint density at radius 1 is 1.00 bits per heavy atom. The zero-order chi connectivity index (χ0) is 41.1. The van der Waals surface area contributed by atoms with Crippen molar-refractivity contribution in [3.8, 4) is 0 Å². The van der Waals surface area contributed by atoms with E-state index in [1.807, 2.05) is 0 Å². The van der Waals surface area contributed by atoms with Gasteiger partial charge in [0.25, 0.3) is 0 Å². The van der Waals surface area contributed by atoms with Gasteiger partial charge in [-0.25, -0.2) is 14.4 Å². The molecule has 16 heteroatoms. The first-order valence-electron chi connectivity index (χ1n) is 19.0. The van der Waals surface area contributed by atoms with Gasteiger partial charge in [-0.3, -0.25) is 14.4 Å². The van der Waals surface area contributed by atoms with Gasteiger partial charge in [0, 0.05) is 32.1 Å². The summed E-state index contributed by atoms with van der Waals surface area (Å²) in [5, 5.41) is 39.3. The molecule has 4 aliphatic carbocycles. The molecule has 0 aromatic heterocycles. The number of ether oxygens (including phenoxy) is 6.